The number of benzene rings is 1. The van der Waals surface area contributed by atoms with Crippen molar-refractivity contribution in [3.05, 3.63) is 33.0 Å². The fourth-order valence-corrected chi connectivity index (χ4v) is 2.05. The van der Waals surface area contributed by atoms with Crippen LogP contribution in [0.15, 0.2) is 24.4 Å². The van der Waals surface area contributed by atoms with Gasteiger partial charge in [0, 0.05) is 11.6 Å². The minimum absolute atomic E-state index is 0.723. The molecular formula is C12H11ClINO. The van der Waals surface area contributed by atoms with Gasteiger partial charge in [0.2, 0.25) is 0 Å². The first kappa shape index (κ1) is 11.9. The van der Waals surface area contributed by atoms with E-state index >= 15 is 0 Å². The third-order valence-electron chi connectivity index (χ3n) is 2.20. The van der Waals surface area contributed by atoms with E-state index in [9.17, 15) is 0 Å². The molecule has 1 aromatic carbocycles. The standard InChI is InChI=1S/C12H11ClINO/c1-2-5-16-8-3-4-11-9(6-8)12(13)10(14)7-15-11/h3-4,6-7H,2,5H2,1H3. The van der Waals surface area contributed by atoms with Crippen molar-refractivity contribution in [2.24, 2.45) is 0 Å². The van der Waals surface area contributed by atoms with Crippen LogP contribution in [0.3, 0.4) is 0 Å². The molecule has 2 aromatic rings. The van der Waals surface area contributed by atoms with Crippen molar-refractivity contribution >= 4 is 45.1 Å². The molecule has 0 spiro atoms. The van der Waals surface area contributed by atoms with E-state index < -0.39 is 0 Å². The summed E-state index contributed by atoms with van der Waals surface area (Å²) < 4.78 is 6.53. The Bertz CT molecular complexity index is 516. The smallest absolute Gasteiger partial charge is 0.120 e. The van der Waals surface area contributed by atoms with Gasteiger partial charge < -0.3 is 4.74 Å². The van der Waals surface area contributed by atoms with Crippen LogP contribution in [0.25, 0.3) is 10.9 Å². The van der Waals surface area contributed by atoms with E-state index in [0.717, 1.165) is 38.3 Å². The molecule has 0 atom stereocenters. The summed E-state index contributed by atoms with van der Waals surface area (Å²) >= 11 is 8.41. The number of aromatic nitrogens is 1. The third-order valence-corrected chi connectivity index (χ3v) is 3.75. The lowest BCUT2D eigenvalue weighted by Gasteiger charge is -2.07. The van der Waals surface area contributed by atoms with E-state index in [1.807, 2.05) is 18.2 Å². The predicted molar refractivity (Wildman–Crippen MR) is 75.3 cm³/mol. The monoisotopic (exact) mass is 347 g/mol. The van der Waals surface area contributed by atoms with Gasteiger partial charge >= 0.3 is 0 Å². The Morgan fingerprint density at radius 3 is 3.00 bits per heavy atom. The minimum Gasteiger partial charge on any atom is -0.494 e. The Kier molecular flexibility index (Phi) is 3.86. The predicted octanol–water partition coefficient (Wildman–Crippen LogP) is 4.28. The zero-order valence-electron chi connectivity index (χ0n) is 8.84. The lowest BCUT2D eigenvalue weighted by atomic mass is 10.2. The molecule has 0 saturated carbocycles. The van der Waals surface area contributed by atoms with Crippen molar-refractivity contribution in [1.29, 1.82) is 0 Å². The lowest BCUT2D eigenvalue weighted by molar-refractivity contribution is 0.318. The van der Waals surface area contributed by atoms with E-state index in [0.29, 0.717) is 0 Å². The van der Waals surface area contributed by atoms with Crippen LogP contribution >= 0.6 is 34.2 Å². The number of hydrogen-bond donors (Lipinski definition) is 0. The molecule has 1 aromatic heterocycles. The summed E-state index contributed by atoms with van der Waals surface area (Å²) in [6.45, 7) is 2.80. The molecule has 0 saturated heterocycles. The van der Waals surface area contributed by atoms with E-state index in [1.54, 1.807) is 6.20 Å². The maximum absolute atomic E-state index is 6.23. The Morgan fingerprint density at radius 2 is 2.25 bits per heavy atom. The van der Waals surface area contributed by atoms with Gasteiger partial charge in [-0.15, -0.1) is 0 Å². The van der Waals surface area contributed by atoms with Gasteiger partial charge in [0.15, 0.2) is 0 Å². The minimum atomic E-state index is 0.723. The number of halogens is 2. The molecular weight excluding hydrogens is 336 g/mol. The fourth-order valence-electron chi connectivity index (χ4n) is 1.42. The second-order valence-corrected chi connectivity index (χ2v) is 4.99. The van der Waals surface area contributed by atoms with Crippen LogP contribution in [0.2, 0.25) is 5.02 Å². The molecule has 0 amide bonds. The Labute approximate surface area is 113 Å². The largest absolute Gasteiger partial charge is 0.494 e. The zero-order chi connectivity index (χ0) is 11.5. The van der Waals surface area contributed by atoms with Crippen molar-refractivity contribution < 1.29 is 4.74 Å². The highest BCUT2D eigenvalue weighted by Crippen LogP contribution is 2.29. The maximum atomic E-state index is 6.23. The van der Waals surface area contributed by atoms with Crippen molar-refractivity contribution in [2.75, 3.05) is 6.61 Å². The highest BCUT2D eigenvalue weighted by molar-refractivity contribution is 14.1. The van der Waals surface area contributed by atoms with Crippen LogP contribution in [0.1, 0.15) is 13.3 Å². The van der Waals surface area contributed by atoms with Gasteiger partial charge in [-0.3, -0.25) is 4.98 Å². The van der Waals surface area contributed by atoms with E-state index in [-0.39, 0.29) is 0 Å². The van der Waals surface area contributed by atoms with E-state index in [4.69, 9.17) is 16.3 Å². The van der Waals surface area contributed by atoms with Gasteiger partial charge in [0.25, 0.3) is 0 Å². The average Bonchev–Trinajstić information content (AvgIpc) is 2.31. The summed E-state index contributed by atoms with van der Waals surface area (Å²) in [4.78, 5) is 4.32. The molecule has 2 nitrogen and oxygen atoms in total. The van der Waals surface area contributed by atoms with Crippen LogP contribution in [0.4, 0.5) is 0 Å². The molecule has 0 fully saturated rings. The Morgan fingerprint density at radius 1 is 1.44 bits per heavy atom. The second-order valence-electron chi connectivity index (χ2n) is 3.45. The highest BCUT2D eigenvalue weighted by atomic mass is 127. The number of hydrogen-bond acceptors (Lipinski definition) is 2. The summed E-state index contributed by atoms with van der Waals surface area (Å²) in [5, 5.41) is 1.69. The van der Waals surface area contributed by atoms with Crippen LogP contribution in [-0.2, 0) is 0 Å². The fraction of sp³-hybridized carbons (Fsp3) is 0.250. The van der Waals surface area contributed by atoms with Gasteiger partial charge in [-0.05, 0) is 47.2 Å². The van der Waals surface area contributed by atoms with E-state index in [1.165, 1.54) is 0 Å². The van der Waals surface area contributed by atoms with Gasteiger partial charge in [-0.2, -0.15) is 0 Å². The summed E-state index contributed by atoms with van der Waals surface area (Å²) in [6.07, 6.45) is 2.77. The van der Waals surface area contributed by atoms with Crippen molar-refractivity contribution in [2.45, 2.75) is 13.3 Å². The Hall–Kier alpha value is -0.550. The van der Waals surface area contributed by atoms with Gasteiger partial charge in [0.1, 0.15) is 5.75 Å². The normalized spacial score (nSPS) is 10.7. The first-order chi connectivity index (χ1) is 7.72. The van der Waals surface area contributed by atoms with Crippen molar-refractivity contribution in [3.63, 3.8) is 0 Å². The number of pyridine rings is 1. The third kappa shape index (κ3) is 2.40. The summed E-state index contributed by atoms with van der Waals surface area (Å²) in [5.41, 5.74) is 0.897. The number of fused-ring (bicyclic) bond motifs is 1. The molecule has 1 heterocycles. The van der Waals surface area contributed by atoms with Crippen LogP contribution in [0.5, 0.6) is 5.75 Å². The molecule has 2 rings (SSSR count). The summed E-state index contributed by atoms with van der Waals surface area (Å²) in [6, 6.07) is 5.80. The van der Waals surface area contributed by atoms with Crippen LogP contribution in [0, 0.1) is 3.57 Å². The topological polar surface area (TPSA) is 22.1 Å². The molecule has 0 aliphatic rings. The summed E-state index contributed by atoms with van der Waals surface area (Å²) in [7, 11) is 0. The molecule has 0 radical (unpaired) electrons. The average molecular weight is 348 g/mol. The Balaban J connectivity index is 2.47. The molecule has 4 heteroatoms. The quantitative estimate of drug-likeness (QED) is 0.773. The first-order valence-electron chi connectivity index (χ1n) is 5.09. The maximum Gasteiger partial charge on any atom is 0.120 e. The molecule has 0 bridgehead atoms. The van der Waals surface area contributed by atoms with Crippen LogP contribution in [-0.4, -0.2) is 11.6 Å². The van der Waals surface area contributed by atoms with Crippen LogP contribution < -0.4 is 4.74 Å². The number of ether oxygens (including phenoxy) is 1. The molecule has 0 aliphatic carbocycles. The molecule has 16 heavy (non-hydrogen) atoms. The van der Waals surface area contributed by atoms with E-state index in [2.05, 4.69) is 34.5 Å². The van der Waals surface area contributed by atoms with Crippen molar-refractivity contribution in [3.8, 4) is 5.75 Å². The number of rotatable bonds is 3. The number of nitrogens with zero attached hydrogens (tertiary/aromatic N) is 1. The van der Waals surface area contributed by atoms with Crippen molar-refractivity contribution in [1.82, 2.24) is 4.98 Å². The highest BCUT2D eigenvalue weighted by Gasteiger charge is 2.05. The van der Waals surface area contributed by atoms with Gasteiger partial charge in [0.05, 0.1) is 20.7 Å². The first-order valence-corrected chi connectivity index (χ1v) is 6.54. The molecule has 0 unspecified atom stereocenters. The SMILES string of the molecule is CCCOc1ccc2ncc(I)c(Cl)c2c1. The molecule has 84 valence electrons. The second kappa shape index (κ2) is 5.19. The summed E-state index contributed by atoms with van der Waals surface area (Å²) in [5.74, 6) is 0.847. The van der Waals surface area contributed by atoms with Gasteiger partial charge in [-0.25, -0.2) is 0 Å². The van der Waals surface area contributed by atoms with Gasteiger partial charge in [-0.1, -0.05) is 18.5 Å². The molecule has 0 aliphatic heterocycles. The zero-order valence-corrected chi connectivity index (χ0v) is 11.7. The lowest BCUT2D eigenvalue weighted by Crippen LogP contribution is -1.95. The molecule has 0 N–H and O–H groups in total.